The average Bonchev–Trinajstić information content (AvgIpc) is 2.97. The van der Waals surface area contributed by atoms with Gasteiger partial charge in [-0.3, -0.25) is 9.59 Å². The van der Waals surface area contributed by atoms with Crippen LogP contribution in [-0.2, 0) is 11.3 Å². The molecule has 0 unspecified atom stereocenters. The molecule has 2 N–H and O–H groups in total. The lowest BCUT2D eigenvalue weighted by Gasteiger charge is -2.40. The summed E-state index contributed by atoms with van der Waals surface area (Å²) in [7, 11) is 5.43. The Balaban J connectivity index is 1.39. The van der Waals surface area contributed by atoms with Gasteiger partial charge in [-0.25, -0.2) is 4.98 Å². The van der Waals surface area contributed by atoms with Gasteiger partial charge in [0.05, 0.1) is 19.0 Å². The van der Waals surface area contributed by atoms with E-state index in [9.17, 15) is 9.59 Å². The fourth-order valence-electron chi connectivity index (χ4n) is 5.39. The fraction of sp³-hybridized carbons (Fsp3) is 0.400. The van der Waals surface area contributed by atoms with Crippen LogP contribution in [-0.4, -0.2) is 73.1 Å². The quantitative estimate of drug-likeness (QED) is 0.377. The first-order valence-corrected chi connectivity index (χ1v) is 14.7. The van der Waals surface area contributed by atoms with Gasteiger partial charge in [0.15, 0.2) is 5.82 Å². The molecule has 2 aliphatic heterocycles. The molecule has 1 saturated heterocycles. The number of halogens is 1. The largest absolute Gasteiger partial charge is 0.495 e. The van der Waals surface area contributed by atoms with Gasteiger partial charge in [-0.05, 0) is 75.3 Å². The number of amides is 2. The number of methoxy groups -OCH3 is 1. The number of carbonyl (C=O) groups is 2. The summed E-state index contributed by atoms with van der Waals surface area (Å²) in [6.45, 7) is 4.47. The highest BCUT2D eigenvalue weighted by molar-refractivity contribution is 9.10. The Morgan fingerprint density at radius 3 is 2.63 bits per heavy atom. The molecular weight excluding hydrogens is 586 g/mol. The van der Waals surface area contributed by atoms with Crippen molar-refractivity contribution in [2.75, 3.05) is 49.4 Å². The normalized spacial score (nSPS) is 17.8. The predicted octanol–water partition coefficient (Wildman–Crippen LogP) is 4.58. The van der Waals surface area contributed by atoms with Crippen molar-refractivity contribution in [2.45, 2.75) is 44.8 Å². The van der Waals surface area contributed by atoms with Crippen LogP contribution in [0.3, 0.4) is 0 Å². The number of anilines is 4. The van der Waals surface area contributed by atoms with Gasteiger partial charge in [0.2, 0.25) is 11.9 Å². The second-order valence-corrected chi connectivity index (χ2v) is 11.5. The molecule has 10 nitrogen and oxygen atoms in total. The Kier molecular flexibility index (Phi) is 8.74. The first kappa shape index (κ1) is 28.8. The fourth-order valence-corrected chi connectivity index (χ4v) is 5.83. The Bertz CT molecular complexity index is 1430. The third-order valence-corrected chi connectivity index (χ3v) is 8.26. The molecule has 2 aromatic carbocycles. The summed E-state index contributed by atoms with van der Waals surface area (Å²) in [4.78, 5) is 41.5. The van der Waals surface area contributed by atoms with Crippen LogP contribution in [0.25, 0.3) is 0 Å². The van der Waals surface area contributed by atoms with Crippen LogP contribution < -0.4 is 25.2 Å². The lowest BCUT2D eigenvalue weighted by molar-refractivity contribution is -0.120. The molecule has 1 atom stereocenters. The van der Waals surface area contributed by atoms with Crippen molar-refractivity contribution < 1.29 is 14.3 Å². The van der Waals surface area contributed by atoms with E-state index < -0.39 is 0 Å². The number of nitrogens with one attached hydrogen (secondary N) is 2. The van der Waals surface area contributed by atoms with Gasteiger partial charge in [0.1, 0.15) is 17.5 Å². The number of carbonyl (C=O) groups excluding carboxylic acids is 2. The van der Waals surface area contributed by atoms with Gasteiger partial charge in [-0.1, -0.05) is 35.0 Å². The van der Waals surface area contributed by atoms with Crippen LogP contribution in [0.4, 0.5) is 23.1 Å². The summed E-state index contributed by atoms with van der Waals surface area (Å²) in [5.74, 6) is 1.44. The second kappa shape index (κ2) is 12.4. The second-order valence-electron chi connectivity index (χ2n) is 10.6. The SMILES string of the molecule is CC[C@@H]1C(=O)N(C)c2cnc(Nc3ccc(C(=O)NC4CCN(C)CC4)cc3OC)nc2N1Cc1cccc(Br)c1. The number of hydrogen-bond acceptors (Lipinski definition) is 8. The molecule has 0 spiro atoms. The summed E-state index contributed by atoms with van der Waals surface area (Å²) in [6, 6.07) is 13.2. The Morgan fingerprint density at radius 2 is 1.93 bits per heavy atom. The third-order valence-electron chi connectivity index (χ3n) is 7.77. The minimum atomic E-state index is -0.355. The zero-order chi connectivity index (χ0) is 29.1. The minimum absolute atomic E-state index is 0.00934. The van der Waals surface area contributed by atoms with Gasteiger partial charge in [-0.15, -0.1) is 0 Å². The number of hydrogen-bond donors (Lipinski definition) is 2. The summed E-state index contributed by atoms with van der Waals surface area (Å²) < 4.78 is 6.61. The number of piperidine rings is 1. The third kappa shape index (κ3) is 6.31. The maximum atomic E-state index is 13.2. The highest BCUT2D eigenvalue weighted by Crippen LogP contribution is 2.37. The average molecular weight is 623 g/mol. The molecule has 0 radical (unpaired) electrons. The maximum Gasteiger partial charge on any atom is 0.251 e. The molecular formula is C30H36BrN7O3. The summed E-state index contributed by atoms with van der Waals surface area (Å²) in [5.41, 5.74) is 2.87. The zero-order valence-electron chi connectivity index (χ0n) is 23.9. The van der Waals surface area contributed by atoms with Crippen molar-refractivity contribution in [3.05, 3.63) is 64.3 Å². The van der Waals surface area contributed by atoms with Crippen LogP contribution in [0.2, 0.25) is 0 Å². The van der Waals surface area contributed by atoms with Crippen LogP contribution in [0.5, 0.6) is 5.75 Å². The highest BCUT2D eigenvalue weighted by Gasteiger charge is 2.37. The summed E-state index contributed by atoms with van der Waals surface area (Å²) >= 11 is 3.55. The molecule has 3 aromatic rings. The van der Waals surface area contributed by atoms with Crippen LogP contribution >= 0.6 is 15.9 Å². The molecule has 1 aromatic heterocycles. The number of ether oxygens (including phenoxy) is 1. The molecule has 0 saturated carbocycles. The minimum Gasteiger partial charge on any atom is -0.495 e. The maximum absolute atomic E-state index is 13.2. The first-order valence-electron chi connectivity index (χ1n) is 13.9. The van der Waals surface area contributed by atoms with Gasteiger partial charge in [-0.2, -0.15) is 4.98 Å². The molecule has 0 aliphatic carbocycles. The molecule has 216 valence electrons. The van der Waals surface area contributed by atoms with E-state index in [-0.39, 0.29) is 23.9 Å². The lowest BCUT2D eigenvalue weighted by atomic mass is 10.0. The van der Waals surface area contributed by atoms with E-state index in [1.54, 1.807) is 43.5 Å². The van der Waals surface area contributed by atoms with Crippen LogP contribution in [0.15, 0.2) is 53.1 Å². The topological polar surface area (TPSA) is 103 Å². The smallest absolute Gasteiger partial charge is 0.251 e. The number of nitrogens with zero attached hydrogens (tertiary/aromatic N) is 5. The van der Waals surface area contributed by atoms with E-state index in [4.69, 9.17) is 9.72 Å². The molecule has 0 bridgehead atoms. The van der Waals surface area contributed by atoms with E-state index in [1.165, 1.54) is 0 Å². The van der Waals surface area contributed by atoms with Gasteiger partial charge in [0.25, 0.3) is 5.91 Å². The van der Waals surface area contributed by atoms with Crippen molar-refractivity contribution in [3.8, 4) is 5.75 Å². The summed E-state index contributed by atoms with van der Waals surface area (Å²) in [5, 5.41) is 6.41. The van der Waals surface area contributed by atoms with Crippen molar-refractivity contribution in [1.29, 1.82) is 0 Å². The van der Waals surface area contributed by atoms with Crippen molar-refractivity contribution >= 4 is 50.9 Å². The number of rotatable bonds is 8. The first-order chi connectivity index (χ1) is 19.8. The number of likely N-dealkylation sites (tertiary alicyclic amines) is 1. The standard InChI is InChI=1S/C30H36BrN7O3/c1-5-24-29(40)37(3)25-17-32-30(35-27(25)38(24)18-19-7-6-8-21(31)15-19)34-23-10-9-20(16-26(23)41-4)28(39)33-22-11-13-36(2)14-12-22/h6-10,15-17,22,24H,5,11-14,18H2,1-4H3,(H,33,39)(H,32,34,35)/t24-/m1/s1. The molecule has 11 heteroatoms. The van der Waals surface area contributed by atoms with Crippen molar-refractivity contribution in [2.24, 2.45) is 0 Å². The molecule has 41 heavy (non-hydrogen) atoms. The molecule has 3 heterocycles. The predicted molar refractivity (Wildman–Crippen MR) is 164 cm³/mol. The van der Waals surface area contributed by atoms with E-state index in [0.29, 0.717) is 47.4 Å². The van der Waals surface area contributed by atoms with Crippen molar-refractivity contribution in [1.82, 2.24) is 20.2 Å². The Hall–Kier alpha value is -3.70. The summed E-state index contributed by atoms with van der Waals surface area (Å²) in [6.07, 6.45) is 4.18. The van der Waals surface area contributed by atoms with Gasteiger partial charge >= 0.3 is 0 Å². The molecule has 2 amide bonds. The zero-order valence-corrected chi connectivity index (χ0v) is 25.4. The Morgan fingerprint density at radius 1 is 1.15 bits per heavy atom. The van der Waals surface area contributed by atoms with Crippen LogP contribution in [0.1, 0.15) is 42.1 Å². The van der Waals surface area contributed by atoms with E-state index in [1.807, 2.05) is 36.1 Å². The Labute approximate surface area is 249 Å². The van der Waals surface area contributed by atoms with Crippen LogP contribution in [0, 0.1) is 0 Å². The highest BCUT2D eigenvalue weighted by atomic mass is 79.9. The van der Waals surface area contributed by atoms with Gasteiger partial charge in [0, 0.05) is 29.7 Å². The monoisotopic (exact) mass is 621 g/mol. The molecule has 5 rings (SSSR count). The molecule has 1 fully saturated rings. The number of benzene rings is 2. The number of likely N-dealkylation sites (N-methyl/N-ethyl adjacent to an activating group) is 1. The van der Waals surface area contributed by atoms with Gasteiger partial charge < -0.3 is 30.1 Å². The number of fused-ring (bicyclic) bond motifs is 1. The van der Waals surface area contributed by atoms with E-state index in [2.05, 4.69) is 43.5 Å². The van der Waals surface area contributed by atoms with E-state index in [0.717, 1.165) is 36.0 Å². The molecule has 2 aliphatic rings. The lowest BCUT2D eigenvalue weighted by Crippen LogP contribution is -2.52. The van der Waals surface area contributed by atoms with E-state index >= 15 is 0 Å². The van der Waals surface area contributed by atoms with Crippen molar-refractivity contribution in [3.63, 3.8) is 0 Å². The number of aromatic nitrogens is 2.